The van der Waals surface area contributed by atoms with E-state index in [1.165, 1.54) is 4.74 Å². The van der Waals surface area contributed by atoms with Gasteiger partial charge in [-0.15, -0.1) is 0 Å². The van der Waals surface area contributed by atoms with Crippen LogP contribution in [0.25, 0.3) is 0 Å². The van der Waals surface area contributed by atoms with Crippen molar-refractivity contribution in [3.8, 4) is 0 Å². The van der Waals surface area contributed by atoms with Gasteiger partial charge in [-0.2, -0.15) is 79.0 Å². The molecule has 1 fully saturated rings. The first-order valence-corrected chi connectivity index (χ1v) is 12.2. The Labute approximate surface area is 194 Å². The van der Waals surface area contributed by atoms with Crippen molar-refractivity contribution in [1.82, 2.24) is 4.90 Å². The summed E-state index contributed by atoms with van der Waals surface area (Å²) in [6.45, 7) is 0. The van der Waals surface area contributed by atoms with Gasteiger partial charge in [0.25, 0.3) is 33.4 Å². The molecule has 1 aliphatic rings. The van der Waals surface area contributed by atoms with E-state index in [-0.39, 0.29) is 0 Å². The quantitative estimate of drug-likeness (QED) is 0.312. The highest BCUT2D eigenvalue weighted by molar-refractivity contribution is 8.25. The van der Waals surface area contributed by atoms with Crippen molar-refractivity contribution in [3.63, 3.8) is 0 Å². The summed E-state index contributed by atoms with van der Waals surface area (Å²) in [6.07, 6.45) is -15.0. The van der Waals surface area contributed by atoms with Crippen LogP contribution in [0.4, 0.5) is 79.0 Å². The van der Waals surface area contributed by atoms with Gasteiger partial charge in [0.05, 0.1) is 0 Å². The van der Waals surface area contributed by atoms with Crippen LogP contribution in [0.3, 0.4) is 0 Å². The molecule has 29 heteroatoms. The topological polar surface area (TPSA) is 115 Å². The zero-order valence-electron chi connectivity index (χ0n) is 15.9. The molecule has 0 bridgehead atoms. The molecule has 0 aliphatic carbocycles. The van der Waals surface area contributed by atoms with Crippen LogP contribution >= 0.6 is 0 Å². The van der Waals surface area contributed by atoms with E-state index >= 15 is 0 Å². The largest absolute Gasteiger partial charge is 0.499 e. The predicted molar refractivity (Wildman–Crippen MR) is 75.3 cm³/mol. The van der Waals surface area contributed by atoms with Crippen molar-refractivity contribution in [2.24, 2.45) is 0 Å². The second kappa shape index (κ2) is 8.27. The smallest absolute Gasteiger partial charge is 0.243 e. The first-order chi connectivity index (χ1) is 15.9. The maximum Gasteiger partial charge on any atom is 0.499 e. The number of rotatable bonds is 6. The molecule has 1 heterocycles. The first-order valence-electron chi connectivity index (χ1n) is 7.55. The molecule has 0 aromatic heterocycles. The molecule has 1 saturated heterocycles. The van der Waals surface area contributed by atoms with Crippen LogP contribution in [0.15, 0.2) is 0 Å². The number of halogens is 18. The van der Waals surface area contributed by atoms with Crippen molar-refractivity contribution in [2.75, 3.05) is 0 Å². The number of hydrogen-bond donors (Lipinski definition) is 0. The molecule has 0 unspecified atom stereocenters. The van der Waals surface area contributed by atoms with Gasteiger partial charge in [0.15, 0.2) is 0 Å². The Hall–Kier alpha value is -1.49. The lowest BCUT2D eigenvalue weighted by molar-refractivity contribution is -0.590. The third kappa shape index (κ3) is 4.34. The molecule has 0 aromatic rings. The van der Waals surface area contributed by atoms with Crippen LogP contribution in [0.5, 0.6) is 0 Å². The standard InChI is InChI=1S/C9HF18NO7S3/c10-2(11)5(16,17)35-6(18,19)3(12,13)28(2)4(14,15)7(20,21)36(29,30)1(37(31,32)8(22,23)24)38(33,34)9(25,26)27/h1H. The normalized spacial score (nSPS) is 23.4. The van der Waals surface area contributed by atoms with Crippen LogP contribution in [-0.2, 0) is 34.2 Å². The Morgan fingerprint density at radius 3 is 1.03 bits per heavy atom. The Morgan fingerprint density at radius 1 is 0.526 bits per heavy atom. The molecule has 38 heavy (non-hydrogen) atoms. The van der Waals surface area contributed by atoms with Gasteiger partial charge in [-0.3, -0.25) is 0 Å². The highest BCUT2D eigenvalue weighted by Gasteiger charge is 2.92. The summed E-state index contributed by atoms with van der Waals surface area (Å²) in [5.41, 5.74) is -15.5. The number of sulfone groups is 3. The predicted octanol–water partition coefficient (Wildman–Crippen LogP) is 3.44. The van der Waals surface area contributed by atoms with Crippen molar-refractivity contribution >= 4 is 29.5 Å². The SMILES string of the molecule is O=S(=O)(C(S(=O)(=O)C(F)(F)F)S(=O)(=O)C(F)(F)C(F)(F)N1C(F)(F)C(F)(F)OC(F)(F)C1(F)F)C(F)(F)F. The highest BCUT2D eigenvalue weighted by Crippen LogP contribution is 2.62. The fraction of sp³-hybridized carbons (Fsp3) is 1.00. The van der Waals surface area contributed by atoms with E-state index in [4.69, 9.17) is 0 Å². The Balaban J connectivity index is 4.26. The molecule has 1 aliphatic heterocycles. The second-order valence-electron chi connectivity index (χ2n) is 6.43. The fourth-order valence-electron chi connectivity index (χ4n) is 2.21. The van der Waals surface area contributed by atoms with Gasteiger partial charge >= 0.3 is 46.6 Å². The molecule has 0 aromatic carbocycles. The average Bonchev–Trinajstić information content (AvgIpc) is 2.55. The van der Waals surface area contributed by atoms with Crippen LogP contribution < -0.4 is 0 Å². The van der Waals surface area contributed by atoms with Crippen molar-refractivity contribution in [2.45, 2.75) is 50.5 Å². The number of morpholine rings is 1. The van der Waals surface area contributed by atoms with Crippen molar-refractivity contribution < 1.29 is 109 Å². The lowest BCUT2D eigenvalue weighted by atomic mass is 10.2. The van der Waals surface area contributed by atoms with Gasteiger partial charge in [-0.25, -0.2) is 30.0 Å². The Morgan fingerprint density at radius 2 is 0.789 bits per heavy atom. The number of nitrogens with zero attached hydrogens (tertiary/aromatic N) is 1. The van der Waals surface area contributed by atoms with Gasteiger partial charge in [0.1, 0.15) is 0 Å². The summed E-state index contributed by atoms with van der Waals surface area (Å²) in [6, 6.07) is -24.8. The summed E-state index contributed by atoms with van der Waals surface area (Å²) in [5, 5.41) is -8.81. The second-order valence-corrected chi connectivity index (χ2v) is 13.4. The van der Waals surface area contributed by atoms with Crippen LogP contribution in [0.1, 0.15) is 0 Å². The van der Waals surface area contributed by atoms with E-state index in [1.54, 1.807) is 0 Å². The van der Waals surface area contributed by atoms with Gasteiger partial charge in [-0.05, 0) is 0 Å². The zero-order valence-corrected chi connectivity index (χ0v) is 18.4. The van der Waals surface area contributed by atoms with Gasteiger partial charge < -0.3 is 0 Å². The lowest BCUT2D eigenvalue weighted by Gasteiger charge is -2.50. The number of alkyl halides is 18. The summed E-state index contributed by atoms with van der Waals surface area (Å²) in [5.74, 6) is 0. The molecule has 0 atom stereocenters. The molecule has 0 spiro atoms. The molecule has 1 rings (SSSR count). The molecule has 0 amide bonds. The van der Waals surface area contributed by atoms with E-state index in [0.29, 0.717) is 0 Å². The van der Waals surface area contributed by atoms with Crippen LogP contribution in [-0.4, -0.2) is 80.7 Å². The molecule has 0 saturated carbocycles. The Kier molecular flexibility index (Phi) is 7.52. The molecular formula is C9HF18NO7S3. The van der Waals surface area contributed by atoms with E-state index in [2.05, 4.69) is 0 Å². The average molecular weight is 673 g/mol. The van der Waals surface area contributed by atoms with Gasteiger partial charge in [0.2, 0.25) is 0 Å². The maximum absolute atomic E-state index is 14.2. The van der Waals surface area contributed by atoms with E-state index in [1.807, 2.05) is 0 Å². The molecule has 0 N–H and O–H groups in total. The minimum absolute atomic E-state index is 1.54. The van der Waals surface area contributed by atoms with E-state index < -0.39 is 85.0 Å². The molecule has 8 nitrogen and oxygen atoms in total. The minimum Gasteiger partial charge on any atom is -0.243 e. The Bertz CT molecular complexity index is 1210. The fourth-order valence-corrected chi connectivity index (χ4v) is 9.36. The summed E-state index contributed by atoms with van der Waals surface area (Å²) >= 11 is 0. The summed E-state index contributed by atoms with van der Waals surface area (Å²) in [7, 11) is -27.5. The third-order valence-electron chi connectivity index (χ3n) is 3.91. The first kappa shape index (κ1) is 34.5. The molecule has 228 valence electrons. The monoisotopic (exact) mass is 673 g/mol. The van der Waals surface area contributed by atoms with Crippen LogP contribution in [0.2, 0.25) is 0 Å². The van der Waals surface area contributed by atoms with Crippen molar-refractivity contribution in [3.05, 3.63) is 0 Å². The van der Waals surface area contributed by atoms with E-state index in [0.717, 1.165) is 0 Å². The molecular weight excluding hydrogens is 672 g/mol. The maximum atomic E-state index is 14.2. The van der Waals surface area contributed by atoms with Gasteiger partial charge in [0, 0.05) is 0 Å². The molecule has 0 radical (unpaired) electrons. The third-order valence-corrected chi connectivity index (χ3v) is 12.2. The lowest BCUT2D eigenvalue weighted by Crippen LogP contribution is -2.80. The number of ether oxygens (including phenoxy) is 1. The summed E-state index contributed by atoms with van der Waals surface area (Å²) < 4.78 is 302. The van der Waals surface area contributed by atoms with Crippen molar-refractivity contribution in [1.29, 1.82) is 0 Å². The van der Waals surface area contributed by atoms with Gasteiger partial charge in [-0.1, -0.05) is 4.90 Å². The minimum atomic E-state index is -9.60. The summed E-state index contributed by atoms with van der Waals surface area (Å²) in [4.78, 5) is -4.72. The van der Waals surface area contributed by atoms with E-state index in [9.17, 15) is 104 Å². The van der Waals surface area contributed by atoms with Crippen LogP contribution in [0, 0.1) is 0 Å². The zero-order chi connectivity index (χ0) is 31.4. The number of hydrogen-bond acceptors (Lipinski definition) is 8. The highest BCUT2D eigenvalue weighted by atomic mass is 32.3.